The van der Waals surface area contributed by atoms with Crippen molar-refractivity contribution in [1.29, 1.82) is 0 Å². The van der Waals surface area contributed by atoms with Crippen molar-refractivity contribution in [3.05, 3.63) is 51.5 Å². The zero-order valence-electron chi connectivity index (χ0n) is 11.3. The number of methoxy groups -OCH3 is 1. The summed E-state index contributed by atoms with van der Waals surface area (Å²) in [4.78, 5) is 0. The zero-order valence-corrected chi connectivity index (χ0v) is 13.6. The highest BCUT2D eigenvalue weighted by atomic mass is 35.5. The molecular weight excluding hydrogens is 333 g/mol. The second-order valence-corrected chi connectivity index (χ2v) is 5.39. The molecule has 0 aliphatic rings. The number of anilines is 1. The summed E-state index contributed by atoms with van der Waals surface area (Å²) in [5.74, 6) is 1.40. The van der Waals surface area contributed by atoms with E-state index in [-0.39, 0.29) is 0 Å². The van der Waals surface area contributed by atoms with E-state index in [1.807, 2.05) is 24.3 Å². The van der Waals surface area contributed by atoms with Gasteiger partial charge in [-0.3, -0.25) is 0 Å². The lowest BCUT2D eigenvalue weighted by Gasteiger charge is -2.12. The summed E-state index contributed by atoms with van der Waals surface area (Å²) in [5.41, 5.74) is 0.717. The molecule has 112 valence electrons. The van der Waals surface area contributed by atoms with Crippen LogP contribution in [0.1, 0.15) is 0 Å². The molecule has 3 nitrogen and oxygen atoms in total. The molecule has 0 heterocycles. The van der Waals surface area contributed by atoms with Crippen LogP contribution in [-0.2, 0) is 0 Å². The van der Waals surface area contributed by atoms with Gasteiger partial charge in [0.25, 0.3) is 0 Å². The summed E-state index contributed by atoms with van der Waals surface area (Å²) < 4.78 is 10.9. The third kappa shape index (κ3) is 4.34. The summed E-state index contributed by atoms with van der Waals surface area (Å²) in [6.07, 6.45) is 0. The van der Waals surface area contributed by atoms with E-state index < -0.39 is 0 Å². The fraction of sp³-hybridized carbons (Fsp3) is 0.200. The highest BCUT2D eigenvalue weighted by molar-refractivity contribution is 6.44. The van der Waals surface area contributed by atoms with E-state index in [1.54, 1.807) is 19.2 Å². The third-order valence-electron chi connectivity index (χ3n) is 2.75. The van der Waals surface area contributed by atoms with Crippen molar-refractivity contribution in [2.45, 2.75) is 0 Å². The van der Waals surface area contributed by atoms with Crippen molar-refractivity contribution in [1.82, 2.24) is 0 Å². The number of hydrogen-bond donors (Lipinski definition) is 1. The molecular formula is C15H14Cl3NO2. The maximum Gasteiger partial charge on any atom is 0.161 e. The minimum atomic E-state index is 0.428. The number of nitrogens with one attached hydrogen (secondary N) is 1. The van der Waals surface area contributed by atoms with Gasteiger partial charge in [0.05, 0.1) is 27.9 Å². The molecule has 1 N–H and O–H groups in total. The molecule has 0 aliphatic carbocycles. The molecule has 0 unspecified atom stereocenters. The first kappa shape index (κ1) is 16.1. The number of benzene rings is 2. The summed E-state index contributed by atoms with van der Waals surface area (Å²) in [5, 5.41) is 4.54. The largest absolute Gasteiger partial charge is 0.493 e. The predicted molar refractivity (Wildman–Crippen MR) is 88.5 cm³/mol. The molecule has 0 spiro atoms. The first-order valence-electron chi connectivity index (χ1n) is 6.26. The van der Waals surface area contributed by atoms with Gasteiger partial charge in [0.2, 0.25) is 0 Å². The molecule has 0 atom stereocenters. The molecule has 0 aromatic heterocycles. The molecule has 0 radical (unpaired) electrons. The van der Waals surface area contributed by atoms with Gasteiger partial charge in [-0.05, 0) is 24.3 Å². The van der Waals surface area contributed by atoms with Crippen LogP contribution in [0.3, 0.4) is 0 Å². The van der Waals surface area contributed by atoms with Crippen LogP contribution in [0.4, 0.5) is 5.69 Å². The molecule has 21 heavy (non-hydrogen) atoms. The zero-order chi connectivity index (χ0) is 15.2. The third-order valence-corrected chi connectivity index (χ3v) is 3.79. The Kier molecular flexibility index (Phi) is 5.85. The monoisotopic (exact) mass is 345 g/mol. The summed E-state index contributed by atoms with van der Waals surface area (Å²) in [6.45, 7) is 1.02. The fourth-order valence-corrected chi connectivity index (χ4v) is 2.36. The summed E-state index contributed by atoms with van der Waals surface area (Å²) in [6, 6.07) is 10.8. The normalized spacial score (nSPS) is 10.3. The molecule has 0 saturated heterocycles. The number of halogens is 3. The number of ether oxygens (including phenoxy) is 2. The molecule has 0 fully saturated rings. The molecule has 0 amide bonds. The van der Waals surface area contributed by atoms with E-state index >= 15 is 0 Å². The van der Waals surface area contributed by atoms with Crippen LogP contribution in [0.15, 0.2) is 36.4 Å². The minimum Gasteiger partial charge on any atom is -0.493 e. The topological polar surface area (TPSA) is 30.5 Å². The van der Waals surface area contributed by atoms with Crippen LogP contribution in [0, 0.1) is 0 Å². The van der Waals surface area contributed by atoms with Crippen LogP contribution in [0.2, 0.25) is 15.1 Å². The SMILES string of the molecule is COc1ccccc1OCCNc1cc(Cl)c(Cl)cc1Cl. The fourth-order valence-electron chi connectivity index (χ4n) is 1.74. The Morgan fingerprint density at radius 1 is 0.952 bits per heavy atom. The lowest BCUT2D eigenvalue weighted by Crippen LogP contribution is -2.12. The Morgan fingerprint density at radius 2 is 1.62 bits per heavy atom. The highest BCUT2D eigenvalue weighted by Crippen LogP contribution is 2.32. The second kappa shape index (κ2) is 7.64. The van der Waals surface area contributed by atoms with Crippen molar-refractivity contribution in [2.75, 3.05) is 25.6 Å². The average Bonchev–Trinajstić information content (AvgIpc) is 2.49. The Hall–Kier alpha value is -1.29. The number of para-hydroxylation sites is 2. The number of rotatable bonds is 6. The van der Waals surface area contributed by atoms with Crippen molar-refractivity contribution < 1.29 is 9.47 Å². The van der Waals surface area contributed by atoms with Gasteiger partial charge in [-0.15, -0.1) is 0 Å². The van der Waals surface area contributed by atoms with Crippen LogP contribution >= 0.6 is 34.8 Å². The van der Waals surface area contributed by atoms with Gasteiger partial charge in [0, 0.05) is 6.54 Å². The quantitative estimate of drug-likeness (QED) is 0.580. The van der Waals surface area contributed by atoms with Gasteiger partial charge in [0.15, 0.2) is 11.5 Å². The molecule has 0 saturated carbocycles. The molecule has 2 aromatic rings. The predicted octanol–water partition coefficient (Wildman–Crippen LogP) is 5.15. The Labute approximate surface area is 138 Å². The van der Waals surface area contributed by atoms with E-state index in [0.717, 1.165) is 5.69 Å². The van der Waals surface area contributed by atoms with Gasteiger partial charge in [0.1, 0.15) is 6.61 Å². The van der Waals surface area contributed by atoms with Gasteiger partial charge in [-0.2, -0.15) is 0 Å². The van der Waals surface area contributed by atoms with E-state index in [2.05, 4.69) is 5.32 Å². The molecule has 6 heteroatoms. The van der Waals surface area contributed by atoms with Crippen LogP contribution in [-0.4, -0.2) is 20.3 Å². The van der Waals surface area contributed by atoms with Gasteiger partial charge in [-0.1, -0.05) is 46.9 Å². The molecule has 0 aliphatic heterocycles. The van der Waals surface area contributed by atoms with Crippen molar-refractivity contribution in [3.63, 3.8) is 0 Å². The van der Waals surface area contributed by atoms with Crippen LogP contribution in [0.5, 0.6) is 11.5 Å². The summed E-state index contributed by atoms with van der Waals surface area (Å²) in [7, 11) is 1.61. The van der Waals surface area contributed by atoms with Gasteiger partial charge >= 0.3 is 0 Å². The van der Waals surface area contributed by atoms with E-state index in [4.69, 9.17) is 44.3 Å². The Balaban J connectivity index is 1.89. The standard InChI is InChI=1S/C15H14Cl3NO2/c1-20-14-4-2-3-5-15(14)21-7-6-19-13-9-11(17)10(16)8-12(13)18/h2-5,8-9,19H,6-7H2,1H3. The first-order chi connectivity index (χ1) is 10.1. The van der Waals surface area contributed by atoms with Crippen LogP contribution in [0.25, 0.3) is 0 Å². The van der Waals surface area contributed by atoms with Crippen molar-refractivity contribution >= 4 is 40.5 Å². The second-order valence-electron chi connectivity index (χ2n) is 4.17. The lowest BCUT2D eigenvalue weighted by molar-refractivity contribution is 0.306. The van der Waals surface area contributed by atoms with Gasteiger partial charge in [-0.25, -0.2) is 0 Å². The number of hydrogen-bond acceptors (Lipinski definition) is 3. The molecule has 0 bridgehead atoms. The molecule has 2 rings (SSSR count). The lowest BCUT2D eigenvalue weighted by atomic mass is 10.3. The Morgan fingerprint density at radius 3 is 2.33 bits per heavy atom. The average molecular weight is 347 g/mol. The summed E-state index contributed by atoms with van der Waals surface area (Å²) >= 11 is 17.9. The van der Waals surface area contributed by atoms with E-state index in [1.165, 1.54) is 0 Å². The first-order valence-corrected chi connectivity index (χ1v) is 7.39. The minimum absolute atomic E-state index is 0.428. The smallest absolute Gasteiger partial charge is 0.161 e. The maximum atomic E-state index is 6.08. The van der Waals surface area contributed by atoms with Crippen molar-refractivity contribution in [2.24, 2.45) is 0 Å². The van der Waals surface area contributed by atoms with E-state index in [9.17, 15) is 0 Å². The molecule has 2 aromatic carbocycles. The van der Waals surface area contributed by atoms with Crippen molar-refractivity contribution in [3.8, 4) is 11.5 Å². The van der Waals surface area contributed by atoms with Gasteiger partial charge < -0.3 is 14.8 Å². The Bertz CT molecular complexity index is 620. The van der Waals surface area contributed by atoms with Crippen LogP contribution < -0.4 is 14.8 Å². The van der Waals surface area contributed by atoms with E-state index in [0.29, 0.717) is 39.7 Å². The maximum absolute atomic E-state index is 6.08. The highest BCUT2D eigenvalue weighted by Gasteiger charge is 2.06.